The van der Waals surface area contributed by atoms with Crippen LogP contribution in [0.3, 0.4) is 0 Å². The first-order valence-electron chi connectivity index (χ1n) is 41.0. The number of carbonyl (C=O) groups excluding carboxylic acids is 2. The molecule has 12 heteroatoms. The summed E-state index contributed by atoms with van der Waals surface area (Å²) in [6.07, 6.45) is 14.6. The number of allylic oxidation sites excluding steroid dienone is 2. The first kappa shape index (κ1) is 75.7. The largest absolute Gasteiger partial charge is 0.466 e. The zero-order valence-corrected chi connectivity index (χ0v) is 71.3. The van der Waals surface area contributed by atoms with E-state index in [4.69, 9.17) is 39.4 Å². The summed E-state index contributed by atoms with van der Waals surface area (Å²) >= 11 is 0. The number of carbonyl (C=O) groups is 2. The maximum absolute atomic E-state index is 13.6. The van der Waals surface area contributed by atoms with E-state index in [0.717, 1.165) is 118 Å². The number of hydrogen-bond donors (Lipinski definition) is 2. The van der Waals surface area contributed by atoms with Crippen LogP contribution >= 0.6 is 0 Å². The molecule has 10 aromatic rings. The summed E-state index contributed by atoms with van der Waals surface area (Å²) < 4.78 is 10.8. The van der Waals surface area contributed by atoms with Crippen molar-refractivity contribution in [2.75, 3.05) is 14.2 Å². The van der Waals surface area contributed by atoms with Crippen molar-refractivity contribution >= 4 is 91.4 Å². The van der Waals surface area contributed by atoms with Gasteiger partial charge >= 0.3 is 11.9 Å². The van der Waals surface area contributed by atoms with Crippen molar-refractivity contribution in [1.82, 2.24) is 39.9 Å². The smallest absolute Gasteiger partial charge is 0.334 e. The molecule has 4 unspecified atom stereocenters. The van der Waals surface area contributed by atoms with Crippen LogP contribution in [0.4, 0.5) is 0 Å². The minimum Gasteiger partial charge on any atom is -0.466 e. The Bertz CT molecular complexity index is 5630. The normalized spacial score (nSPS) is 20.7. The van der Waals surface area contributed by atoms with Crippen LogP contribution in [0.2, 0.25) is 0 Å². The Morgan fingerprint density at radius 2 is 0.602 bits per heavy atom. The molecule has 2 N–H and O–H groups in total. The summed E-state index contributed by atoms with van der Waals surface area (Å²) in [7, 11) is 2.81. The molecule has 0 saturated heterocycles. The lowest BCUT2D eigenvalue weighted by atomic mass is 9.48. The van der Waals surface area contributed by atoms with Crippen LogP contribution in [0.1, 0.15) is 263 Å². The van der Waals surface area contributed by atoms with Crippen LogP contribution in [0.5, 0.6) is 0 Å². The van der Waals surface area contributed by atoms with Gasteiger partial charge in [-0.05, 0) is 189 Å². The lowest BCUT2D eigenvalue weighted by Crippen LogP contribution is -2.52. The van der Waals surface area contributed by atoms with Gasteiger partial charge in [-0.3, -0.25) is 0 Å². The van der Waals surface area contributed by atoms with Gasteiger partial charge in [0.25, 0.3) is 0 Å². The summed E-state index contributed by atoms with van der Waals surface area (Å²) in [6, 6.07) is 37.5. The van der Waals surface area contributed by atoms with Crippen molar-refractivity contribution in [3.8, 4) is 44.5 Å². The van der Waals surface area contributed by atoms with Gasteiger partial charge in [-0.25, -0.2) is 39.5 Å². The fourth-order valence-corrected chi connectivity index (χ4v) is 19.6. The molecule has 12 bridgehead atoms. The number of ether oxygens (including phenoxy) is 2. The van der Waals surface area contributed by atoms with Crippen LogP contribution in [0, 0.1) is 35.5 Å². The monoisotopic (exact) mass is 1500 g/mol. The number of benzene rings is 5. The quantitative estimate of drug-likeness (QED) is 0.0931. The molecule has 113 heavy (non-hydrogen) atoms. The molecule has 580 valence electrons. The number of esters is 2. The molecule has 8 aliphatic rings. The lowest BCUT2D eigenvalue weighted by Gasteiger charge is -2.54. The van der Waals surface area contributed by atoms with Gasteiger partial charge in [-0.15, -0.1) is 0 Å². The second-order valence-electron chi connectivity index (χ2n) is 42.0. The van der Waals surface area contributed by atoms with Crippen molar-refractivity contribution in [2.45, 2.75) is 228 Å². The fraction of sp³-hybridized carbons (Fsp3) is 0.426. The first-order chi connectivity index (χ1) is 52.7. The van der Waals surface area contributed by atoms with Crippen LogP contribution in [0.15, 0.2) is 120 Å². The van der Waals surface area contributed by atoms with E-state index in [1.807, 2.05) is 0 Å². The van der Waals surface area contributed by atoms with E-state index in [1.54, 1.807) is 0 Å². The van der Waals surface area contributed by atoms with Gasteiger partial charge in [0.1, 0.15) is 11.0 Å². The predicted octanol–water partition coefficient (Wildman–Crippen LogP) is 24.3. The van der Waals surface area contributed by atoms with E-state index in [2.05, 4.69) is 310 Å². The number of methoxy groups -OCH3 is 2. The molecule has 2 aliphatic heterocycles. The predicted molar refractivity (Wildman–Crippen MR) is 465 cm³/mol. The third-order valence-corrected chi connectivity index (χ3v) is 26.1. The molecule has 18 rings (SSSR count). The molecule has 2 saturated carbocycles. The maximum atomic E-state index is 13.6. The Balaban J connectivity index is 1.05. The van der Waals surface area contributed by atoms with Crippen LogP contribution in [0.25, 0.3) is 124 Å². The second kappa shape index (κ2) is 25.3. The zero-order chi connectivity index (χ0) is 80.7. The van der Waals surface area contributed by atoms with Crippen molar-refractivity contribution < 1.29 is 19.1 Å². The van der Waals surface area contributed by atoms with E-state index >= 15 is 0 Å². The SMILES string of the molecule is COC(=O)C1=C(C(=O)OC)C2C1[C@H]1C[C@@H]2C2C1[C@H]1C=C[C@@H]2c2nc3cc4nc5c6[nH]c(c(-c7cc(C(C)(C)C)cc(C(C)(C)C)c7)c7nc(c(-c8cc(C(C)(C)C)cc(C(C)(C)C)c8)c8ccc([nH]8)c(-c8cc(C(C)(C)C)cc(C(C)(C)C)c8)c8nc(c6-c6cc(C(C)(C)C)cc(C(C)(C)C)c6)C=C8)C=C7)c5nc4cc3nc21. The lowest BCUT2D eigenvalue weighted by molar-refractivity contribution is -0.143. The Morgan fingerprint density at radius 1 is 0.336 bits per heavy atom. The number of rotatable bonds is 6. The number of hydrogen-bond acceptors (Lipinski definition) is 10. The number of aromatic nitrogens is 8. The fourth-order valence-electron chi connectivity index (χ4n) is 19.6. The van der Waals surface area contributed by atoms with Crippen LogP contribution in [-0.4, -0.2) is 66.0 Å². The van der Waals surface area contributed by atoms with Crippen molar-refractivity contribution in [1.29, 1.82) is 0 Å². The average Bonchev–Trinajstić information content (AvgIpc) is 1.51. The van der Waals surface area contributed by atoms with Gasteiger partial charge in [0.05, 0.1) is 92.6 Å². The van der Waals surface area contributed by atoms with E-state index < -0.39 is 11.9 Å². The summed E-state index contributed by atoms with van der Waals surface area (Å²) in [4.78, 5) is 71.5. The number of H-pyrrole nitrogens is 2. The molecule has 7 heterocycles. The highest BCUT2D eigenvalue weighted by Crippen LogP contribution is 2.74. The molecule has 0 amide bonds. The Kier molecular flexibility index (Phi) is 16.9. The molecule has 6 aliphatic carbocycles. The highest BCUT2D eigenvalue weighted by molar-refractivity contribution is 6.16. The third kappa shape index (κ3) is 12.5. The molecular weight excluding hydrogens is 1390 g/mol. The number of nitrogens with one attached hydrogen (secondary N) is 2. The highest BCUT2D eigenvalue weighted by atomic mass is 16.5. The van der Waals surface area contributed by atoms with E-state index in [0.29, 0.717) is 33.2 Å². The molecule has 8 atom stereocenters. The average molecular weight is 1500 g/mol. The molecule has 12 nitrogen and oxygen atoms in total. The minimum atomic E-state index is -0.432. The topological polar surface area (TPSA) is 162 Å². The van der Waals surface area contributed by atoms with Crippen molar-refractivity contribution in [3.63, 3.8) is 0 Å². The number of aromatic amines is 2. The molecule has 0 spiro atoms. The minimum absolute atomic E-state index is 0.0274. The Labute approximate surface area is 667 Å². The van der Waals surface area contributed by atoms with Crippen molar-refractivity contribution in [3.05, 3.63) is 199 Å². The summed E-state index contributed by atoms with van der Waals surface area (Å²) in [5.41, 5.74) is 29.8. The van der Waals surface area contributed by atoms with Gasteiger partial charge in [0.2, 0.25) is 0 Å². The van der Waals surface area contributed by atoms with Gasteiger partial charge in [0.15, 0.2) is 0 Å². The van der Waals surface area contributed by atoms with Crippen LogP contribution < -0.4 is 0 Å². The third-order valence-electron chi connectivity index (χ3n) is 26.1. The standard InChI is InChI=1S/C101H112N8O4/c1-94(2,3)54-35-50(36-55(43-54)95(4,5)6)76-66-29-30-67(102-66)77(51-37-56(96(7,8)9)44-57(38-51)97(10,11)12)69-32-34-71(104-69)79(53-41-60(100(19,20)21)46-61(42-53)101(22,23)24)89-91-90(88(109-89)78(70-33-31-68(76)103-70)52-39-58(98(13,14)15)45-59(40-52)99(16,17)18)107-74-48-72-73(49-75(74)108-91)106-87-63-28-27-62(86(87)105-72)80-64-47-65(81(63)80)83-82(64)84(92(110)112-25)85(83)93(111)113-26/h27-46,48-49,62-65,80-83,102,109H,47H2,1-26H3/t62-,63+,64+,65-,80?,81?,82?,83?. The van der Waals surface area contributed by atoms with E-state index in [9.17, 15) is 9.59 Å². The summed E-state index contributed by atoms with van der Waals surface area (Å²) in [6.45, 7) is 55.5. The molecular formula is C101H112N8O4. The summed E-state index contributed by atoms with van der Waals surface area (Å²) in [5.74, 6) is -0.247. The zero-order valence-electron chi connectivity index (χ0n) is 71.3. The molecule has 5 aromatic carbocycles. The van der Waals surface area contributed by atoms with Gasteiger partial charge in [-0.2, -0.15) is 0 Å². The van der Waals surface area contributed by atoms with Gasteiger partial charge < -0.3 is 19.4 Å². The molecule has 0 radical (unpaired) electrons. The summed E-state index contributed by atoms with van der Waals surface area (Å²) in [5, 5.41) is 0. The van der Waals surface area contributed by atoms with Crippen molar-refractivity contribution in [2.24, 2.45) is 35.5 Å². The Morgan fingerprint density at radius 3 is 0.876 bits per heavy atom. The van der Waals surface area contributed by atoms with E-state index in [1.165, 1.54) is 58.7 Å². The van der Waals surface area contributed by atoms with Crippen LogP contribution in [-0.2, 0) is 62.4 Å². The molecule has 2 fully saturated rings. The number of nitrogens with zero attached hydrogens (tertiary/aromatic N) is 6. The maximum Gasteiger partial charge on any atom is 0.334 e. The van der Waals surface area contributed by atoms with Gasteiger partial charge in [0, 0.05) is 57.0 Å². The highest BCUT2D eigenvalue weighted by Gasteiger charge is 2.71. The van der Waals surface area contributed by atoms with E-state index in [-0.39, 0.29) is 90.7 Å². The Hall–Kier alpha value is -9.94. The molecule has 5 aromatic heterocycles. The second-order valence-corrected chi connectivity index (χ2v) is 42.0. The first-order valence-corrected chi connectivity index (χ1v) is 41.0. The number of fused-ring (bicyclic) bond motifs is 18. The van der Waals surface area contributed by atoms with Gasteiger partial charge in [-0.1, -0.05) is 251 Å².